The summed E-state index contributed by atoms with van der Waals surface area (Å²) in [6.07, 6.45) is 2.19. The molecule has 0 aromatic heterocycles. The first-order chi connectivity index (χ1) is 12.7. The molecular formula is C21H24N2O3. The molecule has 26 heavy (non-hydrogen) atoms. The zero-order valence-corrected chi connectivity index (χ0v) is 15.1. The van der Waals surface area contributed by atoms with Gasteiger partial charge in [0.2, 0.25) is 12.7 Å². The number of likely N-dealkylation sites (tertiary alicyclic amines) is 1. The van der Waals surface area contributed by atoms with Gasteiger partial charge < -0.3 is 14.4 Å². The smallest absolute Gasteiger partial charge is 0.244 e. The third-order valence-electron chi connectivity index (χ3n) is 5.08. The van der Waals surface area contributed by atoms with Gasteiger partial charge in [0.1, 0.15) is 6.04 Å². The largest absolute Gasteiger partial charge is 0.454 e. The van der Waals surface area contributed by atoms with Gasteiger partial charge in [-0.1, -0.05) is 36.4 Å². The summed E-state index contributed by atoms with van der Waals surface area (Å²) >= 11 is 0. The van der Waals surface area contributed by atoms with E-state index in [0.717, 1.165) is 48.6 Å². The predicted molar refractivity (Wildman–Crippen MR) is 99.0 cm³/mol. The van der Waals surface area contributed by atoms with E-state index in [1.165, 1.54) is 0 Å². The van der Waals surface area contributed by atoms with Crippen molar-refractivity contribution in [2.75, 3.05) is 26.9 Å². The molecule has 0 unspecified atom stereocenters. The number of benzene rings is 2. The van der Waals surface area contributed by atoms with Crippen LogP contribution in [0.2, 0.25) is 0 Å². The van der Waals surface area contributed by atoms with E-state index >= 15 is 0 Å². The van der Waals surface area contributed by atoms with E-state index in [2.05, 4.69) is 4.90 Å². The molecular weight excluding hydrogens is 328 g/mol. The average molecular weight is 352 g/mol. The topological polar surface area (TPSA) is 42.0 Å². The fraction of sp³-hybridized carbons (Fsp3) is 0.381. The van der Waals surface area contributed by atoms with E-state index in [1.54, 1.807) is 0 Å². The number of hydrogen-bond acceptors (Lipinski definition) is 4. The molecule has 1 fully saturated rings. The molecule has 1 amide bonds. The molecule has 2 heterocycles. The van der Waals surface area contributed by atoms with Gasteiger partial charge in [-0.15, -0.1) is 0 Å². The minimum absolute atomic E-state index is 0.192. The standard InChI is InChI=1S/C21H24N2O3/c1-22(14-16-9-10-18-19(13-16)26-15-25-18)20(17-7-3-2-4-8-17)21(24)23-11-5-6-12-23/h2-4,7-10,13,20H,5-6,11-12,14-15H2,1H3/t20-/m1/s1. The normalized spacial score (nSPS) is 16.9. The van der Waals surface area contributed by atoms with Crippen molar-refractivity contribution in [1.29, 1.82) is 0 Å². The molecule has 4 rings (SSSR count). The maximum absolute atomic E-state index is 13.2. The molecule has 0 radical (unpaired) electrons. The highest BCUT2D eigenvalue weighted by atomic mass is 16.7. The Morgan fingerprint density at radius 1 is 1.08 bits per heavy atom. The third kappa shape index (κ3) is 3.40. The van der Waals surface area contributed by atoms with Gasteiger partial charge >= 0.3 is 0 Å². The molecule has 2 aliphatic heterocycles. The van der Waals surface area contributed by atoms with Gasteiger partial charge in [-0.3, -0.25) is 9.69 Å². The Balaban J connectivity index is 1.57. The second kappa shape index (κ2) is 7.38. The van der Waals surface area contributed by atoms with Crippen molar-refractivity contribution in [2.24, 2.45) is 0 Å². The summed E-state index contributed by atoms with van der Waals surface area (Å²) in [5, 5.41) is 0. The molecule has 2 aromatic carbocycles. The predicted octanol–water partition coefficient (Wildman–Crippen LogP) is 3.21. The number of ether oxygens (including phenoxy) is 2. The van der Waals surface area contributed by atoms with Crippen LogP contribution in [0.15, 0.2) is 48.5 Å². The number of carbonyl (C=O) groups is 1. The Morgan fingerprint density at radius 2 is 1.81 bits per heavy atom. The maximum Gasteiger partial charge on any atom is 0.244 e. The molecule has 5 heteroatoms. The van der Waals surface area contributed by atoms with Crippen LogP contribution >= 0.6 is 0 Å². The van der Waals surface area contributed by atoms with Crippen molar-refractivity contribution in [1.82, 2.24) is 9.80 Å². The van der Waals surface area contributed by atoms with Gasteiger partial charge in [0.15, 0.2) is 11.5 Å². The second-order valence-corrected chi connectivity index (χ2v) is 6.95. The molecule has 1 atom stereocenters. The number of hydrogen-bond donors (Lipinski definition) is 0. The van der Waals surface area contributed by atoms with Crippen LogP contribution in [0.25, 0.3) is 0 Å². The van der Waals surface area contributed by atoms with Crippen LogP contribution in [0.1, 0.15) is 30.0 Å². The zero-order chi connectivity index (χ0) is 17.9. The van der Waals surface area contributed by atoms with Crippen LogP contribution in [0, 0.1) is 0 Å². The Bertz CT molecular complexity index is 772. The van der Waals surface area contributed by atoms with Crippen LogP contribution in [-0.2, 0) is 11.3 Å². The van der Waals surface area contributed by atoms with Crippen molar-refractivity contribution in [3.63, 3.8) is 0 Å². The SMILES string of the molecule is CN(Cc1ccc2c(c1)OCO2)[C@@H](C(=O)N1CCCC1)c1ccccc1. The number of likely N-dealkylation sites (N-methyl/N-ethyl adjacent to an activating group) is 1. The second-order valence-electron chi connectivity index (χ2n) is 6.95. The minimum Gasteiger partial charge on any atom is -0.454 e. The van der Waals surface area contributed by atoms with Crippen LogP contribution in [0.3, 0.4) is 0 Å². The Morgan fingerprint density at radius 3 is 2.58 bits per heavy atom. The minimum atomic E-state index is -0.278. The molecule has 2 aromatic rings. The van der Waals surface area contributed by atoms with Crippen molar-refractivity contribution in [3.8, 4) is 11.5 Å². The van der Waals surface area contributed by atoms with Crippen LogP contribution in [0.5, 0.6) is 11.5 Å². The van der Waals surface area contributed by atoms with E-state index in [0.29, 0.717) is 6.54 Å². The summed E-state index contributed by atoms with van der Waals surface area (Å²) in [6, 6.07) is 15.7. The highest BCUT2D eigenvalue weighted by molar-refractivity contribution is 5.83. The lowest BCUT2D eigenvalue weighted by atomic mass is 10.0. The quantitative estimate of drug-likeness (QED) is 0.829. The van der Waals surface area contributed by atoms with Gasteiger partial charge in [0.25, 0.3) is 0 Å². The summed E-state index contributed by atoms with van der Waals surface area (Å²) < 4.78 is 10.9. The fourth-order valence-corrected chi connectivity index (χ4v) is 3.75. The first kappa shape index (κ1) is 16.9. The number of nitrogens with zero attached hydrogens (tertiary/aromatic N) is 2. The highest BCUT2D eigenvalue weighted by Crippen LogP contribution is 2.33. The van der Waals surface area contributed by atoms with Gasteiger partial charge in [0.05, 0.1) is 0 Å². The lowest BCUT2D eigenvalue weighted by Gasteiger charge is -2.31. The van der Waals surface area contributed by atoms with Gasteiger partial charge in [-0.05, 0) is 43.1 Å². The van der Waals surface area contributed by atoms with Crippen molar-refractivity contribution in [3.05, 3.63) is 59.7 Å². The highest BCUT2D eigenvalue weighted by Gasteiger charge is 2.31. The Hall–Kier alpha value is -2.53. The van der Waals surface area contributed by atoms with E-state index in [4.69, 9.17) is 9.47 Å². The summed E-state index contributed by atoms with van der Waals surface area (Å²) in [5.74, 6) is 1.75. The monoisotopic (exact) mass is 352 g/mol. The Kier molecular flexibility index (Phi) is 4.80. The summed E-state index contributed by atoms with van der Waals surface area (Å²) in [4.78, 5) is 17.3. The van der Waals surface area contributed by atoms with E-state index in [1.807, 2.05) is 60.5 Å². The van der Waals surface area contributed by atoms with Crippen molar-refractivity contribution >= 4 is 5.91 Å². The van der Waals surface area contributed by atoms with Gasteiger partial charge in [-0.25, -0.2) is 0 Å². The average Bonchev–Trinajstić information content (AvgIpc) is 3.34. The first-order valence-electron chi connectivity index (χ1n) is 9.15. The summed E-state index contributed by atoms with van der Waals surface area (Å²) in [6.45, 7) is 2.66. The number of rotatable bonds is 5. The lowest BCUT2D eigenvalue weighted by molar-refractivity contribution is -0.136. The molecule has 0 spiro atoms. The van der Waals surface area contributed by atoms with Gasteiger partial charge in [0, 0.05) is 19.6 Å². The summed E-state index contributed by atoms with van der Waals surface area (Å²) in [7, 11) is 2.01. The van der Waals surface area contributed by atoms with Crippen LogP contribution in [0.4, 0.5) is 0 Å². The van der Waals surface area contributed by atoms with Crippen LogP contribution in [-0.4, -0.2) is 42.6 Å². The van der Waals surface area contributed by atoms with E-state index < -0.39 is 0 Å². The number of fused-ring (bicyclic) bond motifs is 1. The van der Waals surface area contributed by atoms with Crippen molar-refractivity contribution in [2.45, 2.75) is 25.4 Å². The van der Waals surface area contributed by atoms with Crippen LogP contribution < -0.4 is 9.47 Å². The lowest BCUT2D eigenvalue weighted by Crippen LogP contribution is -2.40. The molecule has 0 N–H and O–H groups in total. The molecule has 0 saturated carbocycles. The molecule has 0 aliphatic carbocycles. The zero-order valence-electron chi connectivity index (χ0n) is 15.1. The fourth-order valence-electron chi connectivity index (χ4n) is 3.75. The van der Waals surface area contributed by atoms with Gasteiger partial charge in [-0.2, -0.15) is 0 Å². The van der Waals surface area contributed by atoms with E-state index in [-0.39, 0.29) is 18.7 Å². The summed E-state index contributed by atoms with van der Waals surface area (Å²) in [5.41, 5.74) is 2.14. The van der Waals surface area contributed by atoms with E-state index in [9.17, 15) is 4.79 Å². The number of amides is 1. The third-order valence-corrected chi connectivity index (χ3v) is 5.08. The van der Waals surface area contributed by atoms with Crippen molar-refractivity contribution < 1.29 is 14.3 Å². The molecule has 0 bridgehead atoms. The maximum atomic E-state index is 13.2. The Labute approximate surface area is 154 Å². The molecule has 2 aliphatic rings. The number of carbonyl (C=O) groups excluding carboxylic acids is 1. The molecule has 1 saturated heterocycles. The molecule has 136 valence electrons. The molecule has 5 nitrogen and oxygen atoms in total. The first-order valence-corrected chi connectivity index (χ1v) is 9.15.